The minimum Gasteiger partial charge on any atom is -0.507 e. The summed E-state index contributed by atoms with van der Waals surface area (Å²) in [7, 11) is 1.62. The maximum Gasteiger partial charge on any atom is 0.231 e. The number of ketones is 1. The first kappa shape index (κ1) is 19.2. The fraction of sp³-hybridized carbons (Fsp3) is 0.261. The van der Waals surface area contributed by atoms with Crippen molar-refractivity contribution in [2.75, 3.05) is 33.4 Å². The third-order valence-electron chi connectivity index (χ3n) is 5.06. The van der Waals surface area contributed by atoms with Crippen molar-refractivity contribution in [3.8, 4) is 17.2 Å². The highest BCUT2D eigenvalue weighted by molar-refractivity contribution is 6.12. The Morgan fingerprint density at radius 1 is 1.17 bits per heavy atom. The van der Waals surface area contributed by atoms with Gasteiger partial charge in [0.1, 0.15) is 17.2 Å². The van der Waals surface area contributed by atoms with Crippen LogP contribution in [-0.2, 0) is 11.3 Å². The van der Waals surface area contributed by atoms with E-state index < -0.39 is 0 Å². The van der Waals surface area contributed by atoms with Crippen LogP contribution in [0.25, 0.3) is 6.08 Å². The van der Waals surface area contributed by atoms with Crippen molar-refractivity contribution in [1.82, 2.24) is 4.90 Å². The van der Waals surface area contributed by atoms with E-state index in [-0.39, 0.29) is 17.3 Å². The zero-order valence-electron chi connectivity index (χ0n) is 16.3. The number of aromatic hydroxyl groups is 1. The van der Waals surface area contributed by atoms with Gasteiger partial charge in [0.15, 0.2) is 5.76 Å². The van der Waals surface area contributed by atoms with E-state index in [1.54, 1.807) is 31.4 Å². The molecule has 0 radical (unpaired) electrons. The number of morpholine rings is 1. The van der Waals surface area contributed by atoms with E-state index in [1.807, 2.05) is 30.3 Å². The van der Waals surface area contributed by atoms with E-state index in [0.29, 0.717) is 36.6 Å². The zero-order valence-corrected chi connectivity index (χ0v) is 16.3. The number of benzene rings is 2. The number of nitrogens with zero attached hydrogens (tertiary/aromatic N) is 1. The molecule has 0 spiro atoms. The van der Waals surface area contributed by atoms with Gasteiger partial charge in [0.2, 0.25) is 5.78 Å². The van der Waals surface area contributed by atoms with Crippen molar-refractivity contribution < 1.29 is 24.1 Å². The normalized spacial score (nSPS) is 18.2. The molecule has 1 fully saturated rings. The van der Waals surface area contributed by atoms with Gasteiger partial charge in [-0.3, -0.25) is 9.69 Å². The summed E-state index contributed by atoms with van der Waals surface area (Å²) in [5.41, 5.74) is 2.01. The minimum absolute atomic E-state index is 0.133. The van der Waals surface area contributed by atoms with Crippen molar-refractivity contribution in [2.24, 2.45) is 0 Å². The number of phenols is 1. The van der Waals surface area contributed by atoms with E-state index in [1.165, 1.54) is 0 Å². The first-order chi connectivity index (χ1) is 14.2. The van der Waals surface area contributed by atoms with Gasteiger partial charge in [-0.15, -0.1) is 0 Å². The van der Waals surface area contributed by atoms with E-state index >= 15 is 0 Å². The van der Waals surface area contributed by atoms with Crippen LogP contribution in [-0.4, -0.2) is 49.2 Å². The zero-order chi connectivity index (χ0) is 20.2. The lowest BCUT2D eigenvalue weighted by atomic mass is 10.0. The van der Waals surface area contributed by atoms with Gasteiger partial charge in [0.05, 0.1) is 31.5 Å². The monoisotopic (exact) mass is 393 g/mol. The summed E-state index contributed by atoms with van der Waals surface area (Å²) in [5.74, 6) is 1.38. The average Bonchev–Trinajstić information content (AvgIpc) is 3.07. The number of para-hydroxylation sites is 1. The summed E-state index contributed by atoms with van der Waals surface area (Å²) in [4.78, 5) is 14.9. The highest BCUT2D eigenvalue weighted by Crippen LogP contribution is 2.39. The van der Waals surface area contributed by atoms with Gasteiger partial charge < -0.3 is 19.3 Å². The number of carbonyl (C=O) groups is 1. The second kappa shape index (κ2) is 8.51. The number of ether oxygens (including phenoxy) is 3. The van der Waals surface area contributed by atoms with Gasteiger partial charge in [-0.25, -0.2) is 0 Å². The Hall–Kier alpha value is -3.09. The summed E-state index contributed by atoms with van der Waals surface area (Å²) in [6.45, 7) is 3.39. The molecule has 2 aliphatic rings. The van der Waals surface area contributed by atoms with Gasteiger partial charge in [-0.2, -0.15) is 0 Å². The summed E-state index contributed by atoms with van der Waals surface area (Å²) in [6, 6.07) is 10.8. The first-order valence-corrected chi connectivity index (χ1v) is 9.56. The number of fused-ring (bicyclic) bond motifs is 1. The maximum atomic E-state index is 12.8. The second-order valence-corrected chi connectivity index (χ2v) is 6.89. The number of phenolic OH excluding ortho intramolecular Hbond substituents is 1. The maximum absolute atomic E-state index is 12.8. The number of hydrogen-bond acceptors (Lipinski definition) is 6. The van der Waals surface area contributed by atoms with Crippen LogP contribution in [0.3, 0.4) is 0 Å². The van der Waals surface area contributed by atoms with Crippen LogP contribution in [0, 0.1) is 0 Å². The predicted molar refractivity (Wildman–Crippen MR) is 109 cm³/mol. The lowest BCUT2D eigenvalue weighted by Crippen LogP contribution is -2.35. The van der Waals surface area contributed by atoms with Crippen molar-refractivity contribution >= 4 is 11.9 Å². The molecule has 0 saturated carbocycles. The Balaban J connectivity index is 1.57. The molecular formula is C23H23NO5. The highest BCUT2D eigenvalue weighted by atomic mass is 16.5. The second-order valence-electron chi connectivity index (χ2n) is 6.89. The van der Waals surface area contributed by atoms with Gasteiger partial charge in [0.25, 0.3) is 0 Å². The van der Waals surface area contributed by atoms with Crippen LogP contribution in [0.4, 0.5) is 0 Å². The Bertz CT molecular complexity index is 973. The Kier molecular flexibility index (Phi) is 5.64. The predicted octanol–water partition coefficient (Wildman–Crippen LogP) is 3.41. The molecule has 4 rings (SSSR count). The summed E-state index contributed by atoms with van der Waals surface area (Å²) < 4.78 is 16.6. The first-order valence-electron chi connectivity index (χ1n) is 9.56. The fourth-order valence-corrected chi connectivity index (χ4v) is 3.49. The summed E-state index contributed by atoms with van der Waals surface area (Å²) >= 11 is 0. The molecule has 2 aromatic rings. The number of allylic oxidation sites excluding steroid dienone is 3. The number of methoxy groups -OCH3 is 1. The number of Topliss-reactive ketones (excluding diaryl/α,β-unsaturated/α-hetero) is 1. The quantitative estimate of drug-likeness (QED) is 0.786. The van der Waals surface area contributed by atoms with Crippen LogP contribution >= 0.6 is 0 Å². The van der Waals surface area contributed by atoms with E-state index in [4.69, 9.17) is 14.2 Å². The Morgan fingerprint density at radius 3 is 2.76 bits per heavy atom. The Labute approximate surface area is 169 Å². The fourth-order valence-electron chi connectivity index (χ4n) is 3.49. The lowest BCUT2D eigenvalue weighted by Gasteiger charge is -2.27. The highest BCUT2D eigenvalue weighted by Gasteiger charge is 2.31. The molecule has 0 amide bonds. The standard InChI is InChI=1S/C23H23NO5/c1-27-20-7-3-2-5-16(20)6-4-8-21-22(26)17-9-10-19(25)18(23(17)29-21)15-24-11-13-28-14-12-24/h2-10,25H,11-15H2,1H3/b6-4+,21-8+. The molecule has 6 heteroatoms. The lowest BCUT2D eigenvalue weighted by molar-refractivity contribution is 0.0336. The van der Waals surface area contributed by atoms with Crippen molar-refractivity contribution in [3.05, 3.63) is 71.0 Å². The van der Waals surface area contributed by atoms with E-state index in [2.05, 4.69) is 4.90 Å². The third kappa shape index (κ3) is 4.04. The van der Waals surface area contributed by atoms with Gasteiger partial charge in [0, 0.05) is 25.2 Å². The van der Waals surface area contributed by atoms with E-state index in [9.17, 15) is 9.90 Å². The topological polar surface area (TPSA) is 68.2 Å². The molecule has 29 heavy (non-hydrogen) atoms. The smallest absolute Gasteiger partial charge is 0.231 e. The van der Waals surface area contributed by atoms with Crippen molar-refractivity contribution in [3.63, 3.8) is 0 Å². The number of carbonyl (C=O) groups excluding carboxylic acids is 1. The summed E-state index contributed by atoms with van der Waals surface area (Å²) in [6.07, 6.45) is 5.26. The molecular weight excluding hydrogens is 370 g/mol. The molecule has 1 saturated heterocycles. The summed E-state index contributed by atoms with van der Waals surface area (Å²) in [5, 5.41) is 10.4. The Morgan fingerprint density at radius 2 is 1.97 bits per heavy atom. The minimum atomic E-state index is -0.187. The molecule has 0 bridgehead atoms. The molecule has 0 aromatic heterocycles. The van der Waals surface area contributed by atoms with Crippen LogP contribution in [0.5, 0.6) is 17.2 Å². The average molecular weight is 393 g/mol. The van der Waals surface area contributed by atoms with Crippen molar-refractivity contribution in [1.29, 1.82) is 0 Å². The molecule has 0 unspecified atom stereocenters. The largest absolute Gasteiger partial charge is 0.507 e. The molecule has 2 heterocycles. The van der Waals surface area contributed by atoms with Crippen LogP contribution in [0.2, 0.25) is 0 Å². The van der Waals surface area contributed by atoms with Gasteiger partial charge in [-0.05, 0) is 24.3 Å². The molecule has 2 aromatic carbocycles. The molecule has 150 valence electrons. The van der Waals surface area contributed by atoms with Crippen LogP contribution in [0.15, 0.2) is 54.3 Å². The van der Waals surface area contributed by atoms with E-state index in [0.717, 1.165) is 24.4 Å². The molecule has 6 nitrogen and oxygen atoms in total. The van der Waals surface area contributed by atoms with Gasteiger partial charge >= 0.3 is 0 Å². The third-order valence-corrected chi connectivity index (χ3v) is 5.06. The molecule has 0 aliphatic carbocycles. The number of rotatable bonds is 5. The number of hydrogen-bond donors (Lipinski definition) is 1. The molecule has 1 N–H and O–H groups in total. The van der Waals surface area contributed by atoms with Crippen molar-refractivity contribution in [2.45, 2.75) is 6.54 Å². The SMILES string of the molecule is COc1ccccc1/C=C/C=C1/Oc2c(ccc(O)c2CN2CCOCC2)C1=O. The molecule has 2 aliphatic heterocycles. The van der Waals surface area contributed by atoms with Crippen LogP contribution in [0.1, 0.15) is 21.5 Å². The van der Waals surface area contributed by atoms with Gasteiger partial charge in [-0.1, -0.05) is 30.4 Å². The molecule has 0 atom stereocenters. The van der Waals surface area contributed by atoms with Crippen LogP contribution < -0.4 is 9.47 Å².